The number of aliphatic hydroxyl groups is 2. The van der Waals surface area contributed by atoms with Crippen molar-refractivity contribution in [1.29, 1.82) is 0 Å². The lowest BCUT2D eigenvalue weighted by molar-refractivity contribution is 0.109. The lowest BCUT2D eigenvalue weighted by Crippen LogP contribution is -2.52. The maximum absolute atomic E-state index is 11.4. The Bertz CT molecular complexity index is 293. The number of carbonyl (C=O) groups is 1. The van der Waals surface area contributed by atoms with Gasteiger partial charge in [0.2, 0.25) is 0 Å². The van der Waals surface area contributed by atoms with Crippen molar-refractivity contribution in [1.82, 2.24) is 14.9 Å². The smallest absolute Gasteiger partial charge is 0.327 e. The van der Waals surface area contributed by atoms with E-state index in [9.17, 15) is 4.79 Å². The van der Waals surface area contributed by atoms with Crippen molar-refractivity contribution in [2.24, 2.45) is 0 Å². The monoisotopic (exact) mass is 199 g/mol. The molecule has 14 heavy (non-hydrogen) atoms. The average Bonchev–Trinajstić information content (AvgIpc) is 2.70. The topological polar surface area (TPSA) is 87.4 Å². The largest absolute Gasteiger partial charge is 0.394 e. The number of nitrogens with one attached hydrogen (secondary N) is 1. The van der Waals surface area contributed by atoms with Gasteiger partial charge < -0.3 is 15.5 Å². The molecule has 0 spiro atoms. The van der Waals surface area contributed by atoms with Crippen LogP contribution in [0.3, 0.4) is 0 Å². The summed E-state index contributed by atoms with van der Waals surface area (Å²) < 4.78 is 1.23. The average molecular weight is 199 g/mol. The maximum atomic E-state index is 11.4. The summed E-state index contributed by atoms with van der Waals surface area (Å²) in [5, 5.41) is 20.3. The number of aromatic nitrogens is 2. The van der Waals surface area contributed by atoms with Gasteiger partial charge in [-0.1, -0.05) is 0 Å². The van der Waals surface area contributed by atoms with Crippen LogP contribution in [0.4, 0.5) is 4.79 Å². The molecule has 0 fully saturated rings. The molecule has 1 aromatic rings. The summed E-state index contributed by atoms with van der Waals surface area (Å²) in [6, 6.07) is -0.437. The highest BCUT2D eigenvalue weighted by Crippen LogP contribution is 2.01. The van der Waals surface area contributed by atoms with Crippen molar-refractivity contribution in [3.63, 3.8) is 0 Å². The molecule has 0 aliphatic rings. The molecule has 0 aliphatic heterocycles. The van der Waals surface area contributed by atoms with Crippen molar-refractivity contribution in [2.45, 2.75) is 12.5 Å². The molecule has 0 atom stereocenters. The molecule has 1 aromatic heterocycles. The van der Waals surface area contributed by atoms with Crippen LogP contribution in [-0.4, -0.2) is 44.5 Å². The van der Waals surface area contributed by atoms with Gasteiger partial charge in [0.1, 0.15) is 6.33 Å². The quantitative estimate of drug-likeness (QED) is 0.593. The van der Waals surface area contributed by atoms with Crippen LogP contribution in [0, 0.1) is 0 Å². The predicted molar refractivity (Wildman–Crippen MR) is 48.7 cm³/mol. The minimum atomic E-state index is -1.01. The van der Waals surface area contributed by atoms with Gasteiger partial charge in [-0.15, -0.1) is 0 Å². The van der Waals surface area contributed by atoms with Gasteiger partial charge >= 0.3 is 6.03 Å². The molecule has 6 nitrogen and oxygen atoms in total. The standard InChI is InChI=1S/C8H13N3O3/c1-8(4-12,5-13)10-7(14)11-3-2-9-6-11/h2-3,6,12-13H,4-5H2,1H3,(H,10,14). The zero-order valence-electron chi connectivity index (χ0n) is 7.84. The summed E-state index contributed by atoms with van der Waals surface area (Å²) in [6.07, 6.45) is 4.28. The first kappa shape index (κ1) is 10.7. The van der Waals surface area contributed by atoms with E-state index < -0.39 is 11.6 Å². The normalized spacial score (nSPS) is 11.4. The van der Waals surface area contributed by atoms with E-state index in [-0.39, 0.29) is 13.2 Å². The van der Waals surface area contributed by atoms with Crippen LogP contribution < -0.4 is 5.32 Å². The molecular weight excluding hydrogens is 186 g/mol. The molecule has 1 rings (SSSR count). The Hall–Kier alpha value is -1.40. The Balaban J connectivity index is 2.65. The van der Waals surface area contributed by atoms with Crippen molar-refractivity contribution < 1.29 is 15.0 Å². The van der Waals surface area contributed by atoms with Crippen LogP contribution in [0.1, 0.15) is 6.92 Å². The molecule has 0 aliphatic carbocycles. The third kappa shape index (κ3) is 2.30. The highest BCUT2D eigenvalue weighted by atomic mass is 16.3. The highest BCUT2D eigenvalue weighted by Gasteiger charge is 2.24. The molecule has 0 saturated carbocycles. The fraction of sp³-hybridized carbons (Fsp3) is 0.500. The summed E-state index contributed by atoms with van der Waals surface area (Å²) in [6.45, 7) is 0.885. The van der Waals surface area contributed by atoms with Crippen LogP contribution >= 0.6 is 0 Å². The van der Waals surface area contributed by atoms with Gasteiger partial charge in [-0.05, 0) is 6.92 Å². The number of nitrogens with zero attached hydrogens (tertiary/aromatic N) is 2. The van der Waals surface area contributed by atoms with E-state index in [4.69, 9.17) is 10.2 Å². The minimum Gasteiger partial charge on any atom is -0.394 e. The second-order valence-corrected chi connectivity index (χ2v) is 3.28. The van der Waals surface area contributed by atoms with Crippen molar-refractivity contribution >= 4 is 6.03 Å². The number of carbonyl (C=O) groups excluding carboxylic acids is 1. The first-order chi connectivity index (χ1) is 6.61. The Morgan fingerprint density at radius 2 is 2.21 bits per heavy atom. The maximum Gasteiger partial charge on any atom is 0.327 e. The van der Waals surface area contributed by atoms with Crippen molar-refractivity contribution in [3.05, 3.63) is 18.7 Å². The number of imidazole rings is 1. The molecule has 0 unspecified atom stereocenters. The van der Waals surface area contributed by atoms with Gasteiger partial charge in [-0.3, -0.25) is 4.57 Å². The number of hydrogen-bond donors (Lipinski definition) is 3. The number of rotatable bonds is 3. The van der Waals surface area contributed by atoms with Gasteiger partial charge in [0, 0.05) is 12.4 Å². The predicted octanol–water partition coefficient (Wildman–Crippen LogP) is -0.816. The third-order valence-corrected chi connectivity index (χ3v) is 1.85. The molecule has 1 amide bonds. The van der Waals surface area contributed by atoms with Crippen molar-refractivity contribution in [2.75, 3.05) is 13.2 Å². The summed E-state index contributed by atoms with van der Waals surface area (Å²) >= 11 is 0. The molecular formula is C8H13N3O3. The second kappa shape index (κ2) is 4.21. The van der Waals surface area contributed by atoms with E-state index in [0.717, 1.165) is 0 Å². The second-order valence-electron chi connectivity index (χ2n) is 3.28. The summed E-state index contributed by atoms with van der Waals surface area (Å²) in [5.41, 5.74) is -1.01. The molecule has 0 bridgehead atoms. The van der Waals surface area contributed by atoms with E-state index in [1.165, 1.54) is 23.3 Å². The van der Waals surface area contributed by atoms with Crippen LogP contribution in [0.25, 0.3) is 0 Å². The molecule has 78 valence electrons. The first-order valence-corrected chi connectivity index (χ1v) is 4.13. The van der Waals surface area contributed by atoms with Crippen LogP contribution in [-0.2, 0) is 0 Å². The fourth-order valence-electron chi connectivity index (χ4n) is 0.831. The van der Waals surface area contributed by atoms with Gasteiger partial charge in [-0.25, -0.2) is 9.78 Å². The first-order valence-electron chi connectivity index (χ1n) is 4.13. The van der Waals surface area contributed by atoms with Gasteiger partial charge in [-0.2, -0.15) is 0 Å². The molecule has 1 heterocycles. The molecule has 6 heteroatoms. The van der Waals surface area contributed by atoms with Crippen molar-refractivity contribution in [3.8, 4) is 0 Å². The molecule has 0 saturated heterocycles. The Morgan fingerprint density at radius 1 is 1.57 bits per heavy atom. The minimum absolute atomic E-state index is 0.329. The zero-order valence-corrected chi connectivity index (χ0v) is 7.84. The van der Waals surface area contributed by atoms with E-state index in [0.29, 0.717) is 0 Å². The summed E-state index contributed by atoms with van der Waals surface area (Å²) in [5.74, 6) is 0. The number of aliphatic hydroxyl groups excluding tert-OH is 2. The molecule has 0 aromatic carbocycles. The fourth-order valence-corrected chi connectivity index (χ4v) is 0.831. The van der Waals surface area contributed by atoms with Gasteiger partial charge in [0.05, 0.1) is 18.8 Å². The van der Waals surface area contributed by atoms with Gasteiger partial charge in [0.15, 0.2) is 0 Å². The third-order valence-electron chi connectivity index (χ3n) is 1.85. The lowest BCUT2D eigenvalue weighted by atomic mass is 10.1. The Labute approximate surface area is 81.2 Å². The number of hydrogen-bond acceptors (Lipinski definition) is 4. The summed E-state index contributed by atoms with van der Waals surface area (Å²) in [4.78, 5) is 15.1. The van der Waals surface area contributed by atoms with Crippen LogP contribution in [0.2, 0.25) is 0 Å². The van der Waals surface area contributed by atoms with Gasteiger partial charge in [0.25, 0.3) is 0 Å². The zero-order chi connectivity index (χ0) is 10.6. The van der Waals surface area contributed by atoms with E-state index in [2.05, 4.69) is 10.3 Å². The molecule has 3 N–H and O–H groups in total. The lowest BCUT2D eigenvalue weighted by Gasteiger charge is -2.25. The van der Waals surface area contributed by atoms with E-state index in [1.54, 1.807) is 6.92 Å². The SMILES string of the molecule is CC(CO)(CO)NC(=O)n1ccnc1. The van der Waals surface area contributed by atoms with E-state index in [1.807, 2.05) is 0 Å². The Kier molecular flexibility index (Phi) is 3.21. The number of amides is 1. The van der Waals surface area contributed by atoms with Crippen LogP contribution in [0.15, 0.2) is 18.7 Å². The Morgan fingerprint density at radius 3 is 2.64 bits per heavy atom. The molecule has 0 radical (unpaired) electrons. The summed E-state index contributed by atoms with van der Waals surface area (Å²) in [7, 11) is 0. The van der Waals surface area contributed by atoms with Crippen LogP contribution in [0.5, 0.6) is 0 Å². The van der Waals surface area contributed by atoms with E-state index >= 15 is 0 Å². The highest BCUT2D eigenvalue weighted by molar-refractivity contribution is 5.77.